The van der Waals surface area contributed by atoms with E-state index in [-0.39, 0.29) is 6.04 Å². The summed E-state index contributed by atoms with van der Waals surface area (Å²) in [6, 6.07) is 6.38. The topological polar surface area (TPSA) is 44.5 Å². The van der Waals surface area contributed by atoms with E-state index in [2.05, 4.69) is 41.9 Å². The van der Waals surface area contributed by atoms with E-state index in [0.717, 1.165) is 42.5 Å². The number of benzene rings is 1. The third-order valence-electron chi connectivity index (χ3n) is 3.15. The molecule has 0 spiro atoms. The molecule has 2 N–H and O–H groups in total. The number of rotatable bonds is 10. The number of hydrogen-bond acceptors (Lipinski definition) is 3. The summed E-state index contributed by atoms with van der Waals surface area (Å²) in [6.45, 7) is 6.29. The summed E-state index contributed by atoms with van der Waals surface area (Å²) in [6.07, 6.45) is 4.16. The van der Waals surface area contributed by atoms with E-state index in [1.807, 2.05) is 6.07 Å². The monoisotopic (exact) mass is 343 g/mol. The highest BCUT2D eigenvalue weighted by atomic mass is 79.9. The Morgan fingerprint density at radius 3 is 2.65 bits per heavy atom. The molecule has 0 heterocycles. The van der Waals surface area contributed by atoms with Gasteiger partial charge in [0.2, 0.25) is 0 Å². The van der Waals surface area contributed by atoms with Crippen LogP contribution in [-0.2, 0) is 11.2 Å². The molecule has 4 heteroatoms. The minimum Gasteiger partial charge on any atom is -0.490 e. The summed E-state index contributed by atoms with van der Waals surface area (Å²) >= 11 is 3.55. The van der Waals surface area contributed by atoms with E-state index in [4.69, 9.17) is 15.2 Å². The molecule has 0 saturated heterocycles. The van der Waals surface area contributed by atoms with Crippen LogP contribution in [0.4, 0.5) is 0 Å². The van der Waals surface area contributed by atoms with Crippen LogP contribution in [0.2, 0.25) is 0 Å². The zero-order valence-electron chi connectivity index (χ0n) is 12.5. The molecule has 0 aliphatic heterocycles. The highest BCUT2D eigenvalue weighted by Crippen LogP contribution is 2.26. The van der Waals surface area contributed by atoms with E-state index in [1.165, 1.54) is 5.56 Å². The first-order valence-electron chi connectivity index (χ1n) is 7.41. The van der Waals surface area contributed by atoms with Crippen molar-refractivity contribution in [1.29, 1.82) is 0 Å². The van der Waals surface area contributed by atoms with Crippen molar-refractivity contribution in [3.05, 3.63) is 28.2 Å². The fourth-order valence-electron chi connectivity index (χ4n) is 1.79. The van der Waals surface area contributed by atoms with Gasteiger partial charge in [0, 0.05) is 12.6 Å². The summed E-state index contributed by atoms with van der Waals surface area (Å²) in [4.78, 5) is 0. The molecule has 0 bridgehead atoms. The van der Waals surface area contributed by atoms with Crippen LogP contribution in [0.1, 0.15) is 38.7 Å². The molecule has 114 valence electrons. The Morgan fingerprint density at radius 2 is 2.00 bits per heavy atom. The minimum absolute atomic E-state index is 0.223. The molecule has 1 aromatic rings. The van der Waals surface area contributed by atoms with Crippen LogP contribution in [0.3, 0.4) is 0 Å². The first-order chi connectivity index (χ1) is 9.67. The minimum atomic E-state index is 0.223. The number of unbranched alkanes of at least 4 members (excludes halogenated alkanes) is 1. The molecule has 0 aromatic heterocycles. The molecule has 1 unspecified atom stereocenters. The van der Waals surface area contributed by atoms with E-state index in [1.54, 1.807) is 0 Å². The van der Waals surface area contributed by atoms with E-state index >= 15 is 0 Å². The standard InChI is InChI=1S/C16H26BrNO2/c1-3-5-8-19-9-10-20-16-7-6-13(12-15(16)17)11-14(18)4-2/h6-7,12,14H,3-5,8-11,18H2,1-2H3. The van der Waals surface area contributed by atoms with Crippen LogP contribution in [0, 0.1) is 0 Å². The molecule has 20 heavy (non-hydrogen) atoms. The first kappa shape index (κ1) is 17.5. The van der Waals surface area contributed by atoms with Gasteiger partial charge in [0.25, 0.3) is 0 Å². The van der Waals surface area contributed by atoms with Crippen LogP contribution >= 0.6 is 15.9 Å². The third kappa shape index (κ3) is 6.73. The highest BCUT2D eigenvalue weighted by Gasteiger charge is 2.06. The quantitative estimate of drug-likeness (QED) is 0.654. The molecule has 0 aliphatic carbocycles. The van der Waals surface area contributed by atoms with Crippen molar-refractivity contribution >= 4 is 15.9 Å². The average Bonchev–Trinajstić information content (AvgIpc) is 2.44. The Morgan fingerprint density at radius 1 is 1.20 bits per heavy atom. The fraction of sp³-hybridized carbons (Fsp3) is 0.625. The molecule has 1 atom stereocenters. The Kier molecular flexibility index (Phi) is 8.90. The van der Waals surface area contributed by atoms with Crippen LogP contribution in [0.5, 0.6) is 5.75 Å². The van der Waals surface area contributed by atoms with Gasteiger partial charge in [-0.25, -0.2) is 0 Å². The predicted octanol–water partition coefficient (Wildman–Crippen LogP) is 3.92. The number of nitrogens with two attached hydrogens (primary N) is 1. The van der Waals surface area contributed by atoms with Crippen molar-refractivity contribution in [3.63, 3.8) is 0 Å². The summed E-state index contributed by atoms with van der Waals surface area (Å²) in [5.41, 5.74) is 7.20. The molecule has 0 amide bonds. The van der Waals surface area contributed by atoms with Gasteiger partial charge in [-0.3, -0.25) is 0 Å². The second kappa shape index (κ2) is 10.2. The fourth-order valence-corrected chi connectivity index (χ4v) is 2.34. The molecule has 0 aliphatic rings. The maximum Gasteiger partial charge on any atom is 0.133 e. The summed E-state index contributed by atoms with van der Waals surface area (Å²) in [7, 11) is 0. The third-order valence-corrected chi connectivity index (χ3v) is 3.77. The van der Waals surface area contributed by atoms with Gasteiger partial charge in [0.05, 0.1) is 11.1 Å². The van der Waals surface area contributed by atoms with Crippen LogP contribution in [-0.4, -0.2) is 25.9 Å². The van der Waals surface area contributed by atoms with E-state index < -0.39 is 0 Å². The highest BCUT2D eigenvalue weighted by molar-refractivity contribution is 9.10. The van der Waals surface area contributed by atoms with Gasteiger partial charge in [-0.15, -0.1) is 0 Å². The molecular weight excluding hydrogens is 318 g/mol. The number of hydrogen-bond donors (Lipinski definition) is 1. The Labute approximate surface area is 131 Å². The van der Waals surface area contributed by atoms with E-state index in [9.17, 15) is 0 Å². The molecule has 0 saturated carbocycles. The molecular formula is C16H26BrNO2. The van der Waals surface area contributed by atoms with Gasteiger partial charge in [-0.05, 0) is 52.9 Å². The van der Waals surface area contributed by atoms with Crippen LogP contribution < -0.4 is 10.5 Å². The summed E-state index contributed by atoms with van der Waals surface area (Å²) < 4.78 is 12.1. The average molecular weight is 344 g/mol. The largest absolute Gasteiger partial charge is 0.490 e. The molecule has 0 radical (unpaired) electrons. The van der Waals surface area contributed by atoms with Crippen molar-refractivity contribution in [2.45, 2.75) is 45.6 Å². The summed E-state index contributed by atoms with van der Waals surface area (Å²) in [5.74, 6) is 0.859. The Bertz CT molecular complexity index is 385. The SMILES string of the molecule is CCCCOCCOc1ccc(CC(N)CC)cc1Br. The van der Waals surface area contributed by atoms with Crippen molar-refractivity contribution in [1.82, 2.24) is 0 Å². The first-order valence-corrected chi connectivity index (χ1v) is 8.21. The van der Waals surface area contributed by atoms with Gasteiger partial charge in [0.1, 0.15) is 12.4 Å². The Hall–Kier alpha value is -0.580. The van der Waals surface area contributed by atoms with Crippen molar-refractivity contribution < 1.29 is 9.47 Å². The molecule has 1 rings (SSSR count). The number of ether oxygens (including phenoxy) is 2. The lowest BCUT2D eigenvalue weighted by molar-refractivity contribution is 0.0978. The molecule has 3 nitrogen and oxygen atoms in total. The zero-order chi connectivity index (χ0) is 14.8. The lowest BCUT2D eigenvalue weighted by Gasteiger charge is -2.12. The maximum absolute atomic E-state index is 5.97. The van der Waals surface area contributed by atoms with Crippen LogP contribution in [0.25, 0.3) is 0 Å². The lowest BCUT2D eigenvalue weighted by Crippen LogP contribution is -2.21. The predicted molar refractivity (Wildman–Crippen MR) is 87.3 cm³/mol. The van der Waals surface area contributed by atoms with Gasteiger partial charge in [-0.2, -0.15) is 0 Å². The normalized spacial score (nSPS) is 12.4. The van der Waals surface area contributed by atoms with Crippen molar-refractivity contribution in [2.24, 2.45) is 5.73 Å². The smallest absolute Gasteiger partial charge is 0.133 e. The van der Waals surface area contributed by atoms with Gasteiger partial charge in [0.15, 0.2) is 0 Å². The zero-order valence-corrected chi connectivity index (χ0v) is 14.1. The maximum atomic E-state index is 5.97. The van der Waals surface area contributed by atoms with Crippen molar-refractivity contribution in [2.75, 3.05) is 19.8 Å². The van der Waals surface area contributed by atoms with Gasteiger partial charge >= 0.3 is 0 Å². The molecule has 0 fully saturated rings. The Balaban J connectivity index is 2.36. The lowest BCUT2D eigenvalue weighted by atomic mass is 10.0. The van der Waals surface area contributed by atoms with Gasteiger partial charge in [-0.1, -0.05) is 26.3 Å². The second-order valence-electron chi connectivity index (χ2n) is 4.95. The van der Waals surface area contributed by atoms with Gasteiger partial charge < -0.3 is 15.2 Å². The van der Waals surface area contributed by atoms with Crippen LogP contribution in [0.15, 0.2) is 22.7 Å². The van der Waals surface area contributed by atoms with Crippen molar-refractivity contribution in [3.8, 4) is 5.75 Å². The van der Waals surface area contributed by atoms with E-state index in [0.29, 0.717) is 13.2 Å². The second-order valence-corrected chi connectivity index (χ2v) is 5.81. The number of halogens is 1. The summed E-state index contributed by atoms with van der Waals surface area (Å²) in [5, 5.41) is 0. The molecule has 1 aromatic carbocycles.